The summed E-state index contributed by atoms with van der Waals surface area (Å²) in [7, 11) is 0. The Morgan fingerprint density at radius 2 is 1.63 bits per heavy atom. The number of hydrogen-bond acceptors (Lipinski definition) is 3. The van der Waals surface area contributed by atoms with Gasteiger partial charge in [-0.1, -0.05) is 11.6 Å². The molecule has 1 aliphatic heterocycles. The first kappa shape index (κ1) is 22.7. The third-order valence-corrected chi connectivity index (χ3v) is 10.9. The van der Waals surface area contributed by atoms with Gasteiger partial charge in [-0.3, -0.25) is 0 Å². The molecule has 5 heteroatoms. The molecule has 6 fully saturated rings. The van der Waals surface area contributed by atoms with Gasteiger partial charge in [0.1, 0.15) is 5.82 Å². The minimum absolute atomic E-state index is 0.307. The van der Waals surface area contributed by atoms with E-state index in [0.717, 1.165) is 35.8 Å². The van der Waals surface area contributed by atoms with Gasteiger partial charge in [0.05, 0.1) is 16.4 Å². The monoisotopic (exact) mass is 493 g/mol. The molecule has 3 nitrogen and oxygen atoms in total. The summed E-state index contributed by atoms with van der Waals surface area (Å²) in [4.78, 5) is 2.86. The van der Waals surface area contributed by atoms with Crippen molar-refractivity contribution in [2.75, 3.05) is 19.6 Å². The second-order valence-electron chi connectivity index (χ2n) is 13.0. The molecule has 1 aromatic carbocycles. The van der Waals surface area contributed by atoms with Crippen LogP contribution >= 0.6 is 11.6 Å². The Morgan fingerprint density at radius 1 is 0.914 bits per heavy atom. The summed E-state index contributed by atoms with van der Waals surface area (Å²) >= 11 is 6.22. The minimum atomic E-state index is -0.307. The van der Waals surface area contributed by atoms with Crippen LogP contribution in [-0.4, -0.2) is 34.7 Å². The maximum absolute atomic E-state index is 13.6. The van der Waals surface area contributed by atoms with E-state index in [-0.39, 0.29) is 5.82 Å². The Balaban J connectivity index is 0.907. The van der Waals surface area contributed by atoms with Crippen LogP contribution in [-0.2, 0) is 6.42 Å². The third kappa shape index (κ3) is 4.33. The second kappa shape index (κ2) is 8.52. The van der Waals surface area contributed by atoms with Gasteiger partial charge in [-0.25, -0.2) is 4.39 Å². The Labute approximate surface area is 213 Å². The van der Waals surface area contributed by atoms with Crippen LogP contribution in [0, 0.1) is 40.3 Å². The lowest BCUT2D eigenvalue weighted by molar-refractivity contribution is -0.0732. The van der Waals surface area contributed by atoms with E-state index in [1.807, 2.05) is 12.1 Å². The van der Waals surface area contributed by atoms with E-state index in [1.54, 1.807) is 25.3 Å². The van der Waals surface area contributed by atoms with Crippen molar-refractivity contribution in [1.29, 1.82) is 0 Å². The smallest absolute Gasteiger partial charge is 0.123 e. The van der Waals surface area contributed by atoms with Crippen LogP contribution in [0.15, 0.2) is 30.3 Å². The molecule has 6 aliphatic rings. The Morgan fingerprint density at radius 3 is 2.29 bits per heavy atom. The molecule has 8 rings (SSSR count). The molecule has 1 saturated heterocycles. The number of halogens is 2. The Kier molecular flexibility index (Phi) is 5.51. The Bertz CT molecular complexity index is 1060. The normalized spacial score (nSPS) is 35.0. The van der Waals surface area contributed by atoms with Crippen LogP contribution in [0.25, 0.3) is 11.3 Å². The summed E-state index contributed by atoms with van der Waals surface area (Å²) in [6, 6.07) is 8.33. The maximum atomic E-state index is 13.6. The van der Waals surface area contributed by atoms with Crippen molar-refractivity contribution in [1.82, 2.24) is 15.1 Å². The van der Waals surface area contributed by atoms with Crippen LogP contribution in [0.3, 0.4) is 0 Å². The first-order valence-corrected chi connectivity index (χ1v) is 14.4. The molecule has 0 amide bonds. The average molecular weight is 494 g/mol. The van der Waals surface area contributed by atoms with Gasteiger partial charge >= 0.3 is 0 Å². The molecular weight excluding hydrogens is 457 g/mol. The zero-order chi connectivity index (χ0) is 23.6. The summed E-state index contributed by atoms with van der Waals surface area (Å²) in [5, 5.41) is 9.28. The standard InChI is InChI=1S/C30H37ClFN3/c31-27-5-2-24(32)14-26(27)28-6-4-25(33-34-28)3-1-23-18-30(23)7-9-35(10-8-30)19-29-15-20-11-21(16-29)13-22(12-20)17-29/h2,4-6,14,20-23H,1,3,7-13,15-19H2. The van der Waals surface area contributed by atoms with E-state index in [9.17, 15) is 4.39 Å². The molecule has 0 radical (unpaired) electrons. The van der Waals surface area contributed by atoms with E-state index in [4.69, 9.17) is 11.6 Å². The van der Waals surface area contributed by atoms with E-state index in [1.165, 1.54) is 76.7 Å². The maximum Gasteiger partial charge on any atom is 0.123 e. The van der Waals surface area contributed by atoms with Crippen molar-refractivity contribution < 1.29 is 4.39 Å². The van der Waals surface area contributed by atoms with Gasteiger partial charge in [-0.05, 0) is 149 Å². The third-order valence-electron chi connectivity index (χ3n) is 10.6. The van der Waals surface area contributed by atoms with Gasteiger partial charge < -0.3 is 4.90 Å². The summed E-state index contributed by atoms with van der Waals surface area (Å²) in [6.07, 6.45) is 15.7. The molecule has 186 valence electrons. The van der Waals surface area contributed by atoms with Gasteiger partial charge in [-0.15, -0.1) is 0 Å². The lowest BCUT2D eigenvalue weighted by atomic mass is 9.49. The number of benzene rings is 1. The number of aryl methyl sites for hydroxylation is 1. The molecule has 2 aromatic rings. The second-order valence-corrected chi connectivity index (χ2v) is 13.4. The number of aromatic nitrogens is 2. The highest BCUT2D eigenvalue weighted by molar-refractivity contribution is 6.33. The zero-order valence-electron chi connectivity index (χ0n) is 20.7. The van der Waals surface area contributed by atoms with Crippen LogP contribution in [0.4, 0.5) is 4.39 Å². The lowest BCUT2D eigenvalue weighted by Gasteiger charge is -2.58. The highest BCUT2D eigenvalue weighted by atomic mass is 35.5. The average Bonchev–Trinajstić information content (AvgIpc) is 3.52. The molecule has 5 saturated carbocycles. The predicted octanol–water partition coefficient (Wildman–Crippen LogP) is 7.19. The molecule has 1 atom stereocenters. The molecule has 0 N–H and O–H groups in total. The van der Waals surface area contributed by atoms with Crippen LogP contribution in [0.5, 0.6) is 0 Å². The fourth-order valence-corrected chi connectivity index (χ4v) is 9.43. The summed E-state index contributed by atoms with van der Waals surface area (Å²) < 4.78 is 13.6. The van der Waals surface area contributed by atoms with Crippen LogP contribution in [0.1, 0.15) is 69.9 Å². The van der Waals surface area contributed by atoms with E-state index < -0.39 is 0 Å². The SMILES string of the molecule is Fc1ccc(Cl)c(-c2ccc(CCC3CC34CCN(CC35CC6CC(CC(C6)C3)C5)CC4)nn2)c1. The molecular formula is C30H37ClFN3. The van der Waals surface area contributed by atoms with Crippen molar-refractivity contribution in [2.24, 2.45) is 34.5 Å². The van der Waals surface area contributed by atoms with Crippen molar-refractivity contribution in [2.45, 2.75) is 70.6 Å². The van der Waals surface area contributed by atoms with Crippen molar-refractivity contribution in [3.8, 4) is 11.3 Å². The molecule has 5 aliphatic carbocycles. The topological polar surface area (TPSA) is 29.0 Å². The van der Waals surface area contributed by atoms with Crippen molar-refractivity contribution in [3.63, 3.8) is 0 Å². The van der Waals surface area contributed by atoms with Crippen molar-refractivity contribution in [3.05, 3.63) is 46.9 Å². The largest absolute Gasteiger partial charge is 0.303 e. The number of piperidine rings is 1. The summed E-state index contributed by atoms with van der Waals surface area (Å²) in [5.41, 5.74) is 3.56. The number of rotatable bonds is 6. The minimum Gasteiger partial charge on any atom is -0.303 e. The van der Waals surface area contributed by atoms with Crippen LogP contribution in [0.2, 0.25) is 5.02 Å². The quantitative estimate of drug-likeness (QED) is 0.426. The van der Waals surface area contributed by atoms with Gasteiger partial charge in [0.25, 0.3) is 0 Å². The molecule has 1 aromatic heterocycles. The lowest BCUT2D eigenvalue weighted by Crippen LogP contribution is -2.52. The first-order valence-electron chi connectivity index (χ1n) is 14.0. The first-order chi connectivity index (χ1) is 17.0. The summed E-state index contributed by atoms with van der Waals surface area (Å²) in [5.74, 6) is 3.73. The molecule has 1 unspecified atom stereocenters. The van der Waals surface area contributed by atoms with Gasteiger partial charge in [0.15, 0.2) is 0 Å². The zero-order valence-corrected chi connectivity index (χ0v) is 21.4. The molecule has 1 spiro atoms. The fourth-order valence-electron chi connectivity index (χ4n) is 9.22. The van der Waals surface area contributed by atoms with E-state index in [2.05, 4.69) is 15.1 Å². The summed E-state index contributed by atoms with van der Waals surface area (Å²) in [6.45, 7) is 4.04. The van der Waals surface area contributed by atoms with Crippen LogP contribution < -0.4 is 0 Å². The number of nitrogens with zero attached hydrogens (tertiary/aromatic N) is 3. The fraction of sp³-hybridized carbons (Fsp3) is 0.667. The van der Waals surface area contributed by atoms with E-state index in [0.29, 0.717) is 27.1 Å². The highest BCUT2D eigenvalue weighted by Gasteiger charge is 2.55. The highest BCUT2D eigenvalue weighted by Crippen LogP contribution is 2.63. The predicted molar refractivity (Wildman–Crippen MR) is 138 cm³/mol. The molecule has 35 heavy (non-hydrogen) atoms. The van der Waals surface area contributed by atoms with Gasteiger partial charge in [0.2, 0.25) is 0 Å². The van der Waals surface area contributed by atoms with Gasteiger partial charge in [-0.2, -0.15) is 10.2 Å². The van der Waals surface area contributed by atoms with Crippen molar-refractivity contribution >= 4 is 11.6 Å². The van der Waals surface area contributed by atoms with Gasteiger partial charge in [0, 0.05) is 12.1 Å². The van der Waals surface area contributed by atoms with E-state index >= 15 is 0 Å². The Hall–Kier alpha value is -1.52. The molecule has 4 bridgehead atoms. The number of likely N-dealkylation sites (tertiary alicyclic amines) is 1. The molecule has 2 heterocycles. The number of hydrogen-bond donors (Lipinski definition) is 0.